The molecule has 0 radical (unpaired) electrons. The summed E-state index contributed by atoms with van der Waals surface area (Å²) in [5.41, 5.74) is 5.74. The number of pyridine rings is 1. The normalized spacial score (nSPS) is 10.2. The van der Waals surface area contributed by atoms with Crippen LogP contribution in [0.4, 0.5) is 5.69 Å². The molecule has 2 aromatic rings. The molecule has 8 heteroatoms. The monoisotopic (exact) mass is 276 g/mol. The third-order valence-electron chi connectivity index (χ3n) is 2.48. The van der Waals surface area contributed by atoms with Crippen molar-refractivity contribution in [2.45, 2.75) is 6.92 Å². The lowest BCUT2D eigenvalue weighted by molar-refractivity contribution is 0.0525. The Labute approximate surface area is 113 Å². The molecule has 0 aliphatic rings. The summed E-state index contributed by atoms with van der Waals surface area (Å²) in [6.07, 6.45) is 3.95. The van der Waals surface area contributed by atoms with E-state index in [1.54, 1.807) is 6.92 Å². The van der Waals surface area contributed by atoms with Crippen molar-refractivity contribution in [3.63, 3.8) is 0 Å². The summed E-state index contributed by atoms with van der Waals surface area (Å²) in [5.74, 6) is -1.43. The molecule has 20 heavy (non-hydrogen) atoms. The highest BCUT2D eigenvalue weighted by molar-refractivity contribution is 5.93. The molecule has 3 N–H and O–H groups in total. The lowest BCUT2D eigenvalue weighted by Crippen LogP contribution is -2.07. The first-order valence-corrected chi connectivity index (χ1v) is 5.74. The molecule has 0 aliphatic heterocycles. The molecule has 0 fully saturated rings. The second-order valence-corrected chi connectivity index (χ2v) is 3.83. The van der Waals surface area contributed by atoms with Crippen LogP contribution in [0.5, 0.6) is 0 Å². The van der Waals surface area contributed by atoms with Gasteiger partial charge < -0.3 is 15.6 Å². The van der Waals surface area contributed by atoms with Gasteiger partial charge in [0, 0.05) is 6.20 Å². The number of nitrogen functional groups attached to an aromatic ring is 1. The summed E-state index contributed by atoms with van der Waals surface area (Å²) >= 11 is 0. The van der Waals surface area contributed by atoms with Gasteiger partial charge in [-0.3, -0.25) is 0 Å². The average Bonchev–Trinajstić information content (AvgIpc) is 2.89. The first-order valence-electron chi connectivity index (χ1n) is 5.74. The van der Waals surface area contributed by atoms with E-state index in [4.69, 9.17) is 15.6 Å². The maximum atomic E-state index is 11.5. The number of carboxylic acid groups (broad SMARTS) is 1. The number of carboxylic acids is 1. The number of hydrogen-bond donors (Lipinski definition) is 2. The fourth-order valence-electron chi connectivity index (χ4n) is 1.53. The number of aromatic nitrogens is 3. The van der Waals surface area contributed by atoms with Crippen LogP contribution < -0.4 is 5.73 Å². The van der Waals surface area contributed by atoms with Gasteiger partial charge in [-0.25, -0.2) is 19.3 Å². The highest BCUT2D eigenvalue weighted by Crippen LogP contribution is 2.14. The zero-order valence-corrected chi connectivity index (χ0v) is 10.6. The van der Waals surface area contributed by atoms with Crippen LogP contribution in [0.2, 0.25) is 0 Å². The number of anilines is 1. The lowest BCUT2D eigenvalue weighted by Gasteiger charge is -2.04. The van der Waals surface area contributed by atoms with Gasteiger partial charge in [-0.2, -0.15) is 5.10 Å². The molecule has 104 valence electrons. The number of hydrogen-bond acceptors (Lipinski definition) is 6. The number of ether oxygens (including phenoxy) is 1. The summed E-state index contributed by atoms with van der Waals surface area (Å²) in [7, 11) is 0. The molecule has 0 bridgehead atoms. The van der Waals surface area contributed by atoms with Crippen LogP contribution in [0.15, 0.2) is 24.7 Å². The first-order chi connectivity index (χ1) is 9.52. The molecular formula is C12H12N4O4. The van der Waals surface area contributed by atoms with Gasteiger partial charge in [-0.15, -0.1) is 0 Å². The summed E-state index contributed by atoms with van der Waals surface area (Å²) in [5, 5.41) is 12.9. The molecule has 0 atom stereocenters. The Hall–Kier alpha value is -2.90. The predicted octanol–water partition coefficient (Wildman–Crippen LogP) is 0.724. The number of rotatable bonds is 4. The Morgan fingerprint density at radius 3 is 2.85 bits per heavy atom. The fourth-order valence-corrected chi connectivity index (χ4v) is 1.53. The molecule has 0 amide bonds. The van der Waals surface area contributed by atoms with E-state index in [1.165, 1.54) is 29.3 Å². The second-order valence-electron chi connectivity index (χ2n) is 3.83. The number of carbonyl (C=O) groups is 2. The quantitative estimate of drug-likeness (QED) is 0.789. The second kappa shape index (κ2) is 5.39. The van der Waals surface area contributed by atoms with E-state index in [0.29, 0.717) is 0 Å². The average molecular weight is 276 g/mol. The van der Waals surface area contributed by atoms with E-state index in [1.807, 2.05) is 0 Å². The van der Waals surface area contributed by atoms with Crippen molar-refractivity contribution >= 4 is 17.6 Å². The summed E-state index contributed by atoms with van der Waals surface area (Å²) in [6, 6.07) is 1.28. The highest BCUT2D eigenvalue weighted by Gasteiger charge is 2.14. The van der Waals surface area contributed by atoms with Crippen LogP contribution in [-0.4, -0.2) is 38.4 Å². The van der Waals surface area contributed by atoms with E-state index in [9.17, 15) is 9.59 Å². The summed E-state index contributed by atoms with van der Waals surface area (Å²) < 4.78 is 6.11. The summed E-state index contributed by atoms with van der Waals surface area (Å²) in [6.45, 7) is 1.95. The minimum atomic E-state index is -1.16. The van der Waals surface area contributed by atoms with E-state index >= 15 is 0 Å². The topological polar surface area (TPSA) is 120 Å². The Morgan fingerprint density at radius 2 is 2.20 bits per heavy atom. The molecule has 2 rings (SSSR count). The number of nitrogens with two attached hydrogens (primary N) is 1. The Kier molecular flexibility index (Phi) is 3.65. The first kappa shape index (κ1) is 13.5. The zero-order valence-electron chi connectivity index (χ0n) is 10.6. The van der Waals surface area contributed by atoms with Gasteiger partial charge in [0.25, 0.3) is 0 Å². The van der Waals surface area contributed by atoms with Gasteiger partial charge in [0.05, 0.1) is 35.8 Å². The Morgan fingerprint density at radius 1 is 1.45 bits per heavy atom. The van der Waals surface area contributed by atoms with Crippen LogP contribution in [0.3, 0.4) is 0 Å². The van der Waals surface area contributed by atoms with Gasteiger partial charge in [-0.1, -0.05) is 0 Å². The van der Waals surface area contributed by atoms with Gasteiger partial charge in [-0.05, 0) is 13.0 Å². The van der Waals surface area contributed by atoms with Gasteiger partial charge >= 0.3 is 11.9 Å². The van der Waals surface area contributed by atoms with Crippen molar-refractivity contribution in [3.8, 4) is 5.82 Å². The van der Waals surface area contributed by atoms with Crippen molar-refractivity contribution in [3.05, 3.63) is 35.8 Å². The molecule has 0 saturated heterocycles. The van der Waals surface area contributed by atoms with Crippen LogP contribution in [-0.2, 0) is 4.74 Å². The maximum absolute atomic E-state index is 11.5. The van der Waals surface area contributed by atoms with E-state index in [0.717, 1.165) is 0 Å². The largest absolute Gasteiger partial charge is 0.478 e. The fraction of sp³-hybridized carbons (Fsp3) is 0.167. The molecule has 0 aliphatic carbocycles. The SMILES string of the molecule is CCOC(=O)c1cnn(-c2cc(C(=O)O)c(N)cn2)c1. The maximum Gasteiger partial charge on any atom is 0.341 e. The third-order valence-corrected chi connectivity index (χ3v) is 2.48. The molecule has 2 aromatic heterocycles. The van der Waals surface area contributed by atoms with Crippen LogP contribution in [0, 0.1) is 0 Å². The smallest absolute Gasteiger partial charge is 0.341 e. The molecule has 0 spiro atoms. The van der Waals surface area contributed by atoms with Crippen LogP contribution in [0.1, 0.15) is 27.6 Å². The molecular weight excluding hydrogens is 264 g/mol. The number of aromatic carboxylic acids is 1. The lowest BCUT2D eigenvalue weighted by atomic mass is 10.2. The number of nitrogens with zero attached hydrogens (tertiary/aromatic N) is 3. The molecule has 2 heterocycles. The van der Waals surface area contributed by atoms with E-state index in [-0.39, 0.29) is 29.2 Å². The van der Waals surface area contributed by atoms with Crippen molar-refractivity contribution in [1.82, 2.24) is 14.8 Å². The van der Waals surface area contributed by atoms with Crippen molar-refractivity contribution in [1.29, 1.82) is 0 Å². The van der Waals surface area contributed by atoms with E-state index < -0.39 is 11.9 Å². The molecule has 0 saturated carbocycles. The zero-order chi connectivity index (χ0) is 14.7. The highest BCUT2D eigenvalue weighted by atomic mass is 16.5. The minimum Gasteiger partial charge on any atom is -0.478 e. The van der Waals surface area contributed by atoms with Gasteiger partial charge in [0.15, 0.2) is 5.82 Å². The van der Waals surface area contributed by atoms with Crippen LogP contribution >= 0.6 is 0 Å². The molecule has 8 nitrogen and oxygen atoms in total. The molecule has 0 unspecified atom stereocenters. The van der Waals surface area contributed by atoms with Crippen molar-refractivity contribution in [2.24, 2.45) is 0 Å². The van der Waals surface area contributed by atoms with Crippen molar-refractivity contribution < 1.29 is 19.4 Å². The van der Waals surface area contributed by atoms with Crippen LogP contribution in [0.25, 0.3) is 5.82 Å². The standard InChI is InChI=1S/C12H12N4O4/c1-2-20-12(19)7-4-15-16(6-7)10-3-8(11(17)18)9(13)5-14-10/h3-6H,2,13H2,1H3,(H,17,18). The Bertz CT molecular complexity index is 665. The minimum absolute atomic E-state index is 0.0547. The summed E-state index contributed by atoms with van der Waals surface area (Å²) in [4.78, 5) is 26.5. The number of carbonyl (C=O) groups excluding carboxylic acids is 1. The number of esters is 1. The van der Waals surface area contributed by atoms with E-state index in [2.05, 4.69) is 10.1 Å². The Balaban J connectivity index is 2.35. The molecule has 0 aromatic carbocycles. The van der Waals surface area contributed by atoms with Crippen molar-refractivity contribution in [2.75, 3.05) is 12.3 Å². The third kappa shape index (κ3) is 2.58. The van der Waals surface area contributed by atoms with Gasteiger partial charge in [0.1, 0.15) is 0 Å². The van der Waals surface area contributed by atoms with Gasteiger partial charge in [0.2, 0.25) is 0 Å². The predicted molar refractivity (Wildman–Crippen MR) is 68.7 cm³/mol.